The van der Waals surface area contributed by atoms with Crippen molar-refractivity contribution in [3.05, 3.63) is 41.0 Å². The average molecular weight is 378 g/mol. The van der Waals surface area contributed by atoms with Gasteiger partial charge in [-0.05, 0) is 18.6 Å². The number of para-hydroxylation sites is 1. The Morgan fingerprint density at radius 3 is 2.69 bits per heavy atom. The number of amides is 1. The number of hydrogen-bond donors (Lipinski definition) is 1. The van der Waals surface area contributed by atoms with E-state index in [0.29, 0.717) is 29.7 Å². The van der Waals surface area contributed by atoms with E-state index < -0.39 is 0 Å². The van der Waals surface area contributed by atoms with Crippen molar-refractivity contribution in [3.8, 4) is 0 Å². The quantitative estimate of drug-likeness (QED) is 0.798. The first-order valence-electron chi connectivity index (χ1n) is 8.94. The zero-order valence-corrected chi connectivity index (χ0v) is 15.7. The molecule has 2 heterocycles. The van der Waals surface area contributed by atoms with Gasteiger partial charge in [0, 0.05) is 32.6 Å². The number of aryl methyl sites for hydroxylation is 1. The van der Waals surface area contributed by atoms with Crippen LogP contribution in [0.1, 0.15) is 25.1 Å². The topological polar surface area (TPSA) is 74.5 Å². The molecule has 1 aliphatic heterocycles. The first-order valence-corrected chi connectivity index (χ1v) is 9.32. The molecule has 1 fully saturated rings. The van der Waals surface area contributed by atoms with Gasteiger partial charge in [0.25, 0.3) is 0 Å². The van der Waals surface area contributed by atoms with E-state index in [1.54, 1.807) is 12.1 Å². The maximum Gasteiger partial charge on any atom is 0.240 e. The summed E-state index contributed by atoms with van der Waals surface area (Å²) >= 11 is 6.07. The average Bonchev–Trinajstić information content (AvgIpc) is 3.06. The second-order valence-electron chi connectivity index (χ2n) is 6.43. The molecule has 7 nitrogen and oxygen atoms in total. The number of nitrogens with zero attached hydrogens (tertiary/aromatic N) is 4. The molecule has 1 aliphatic rings. The van der Waals surface area contributed by atoms with Crippen LogP contribution in [-0.2, 0) is 17.8 Å². The van der Waals surface area contributed by atoms with Crippen LogP contribution in [0.15, 0.2) is 28.8 Å². The fourth-order valence-electron chi connectivity index (χ4n) is 2.93. The van der Waals surface area contributed by atoms with Crippen molar-refractivity contribution in [3.63, 3.8) is 0 Å². The Bertz CT molecular complexity index is 728. The molecule has 2 aromatic rings. The van der Waals surface area contributed by atoms with Crippen LogP contribution < -0.4 is 5.32 Å². The molecule has 0 unspecified atom stereocenters. The summed E-state index contributed by atoms with van der Waals surface area (Å²) in [6.07, 6.45) is 1.85. The van der Waals surface area contributed by atoms with Crippen molar-refractivity contribution in [2.24, 2.45) is 0 Å². The Balaban J connectivity index is 1.41. The van der Waals surface area contributed by atoms with Crippen molar-refractivity contribution >= 4 is 23.2 Å². The van der Waals surface area contributed by atoms with Gasteiger partial charge in [0.1, 0.15) is 0 Å². The van der Waals surface area contributed by atoms with Gasteiger partial charge in [-0.1, -0.05) is 35.8 Å². The number of nitrogens with one attached hydrogen (secondary N) is 1. The number of carbonyl (C=O) groups excluding carboxylic acids is 1. The molecule has 8 heteroatoms. The van der Waals surface area contributed by atoms with Gasteiger partial charge in [-0.25, -0.2) is 0 Å². The number of rotatable bonds is 7. The third-order valence-corrected chi connectivity index (χ3v) is 4.65. The van der Waals surface area contributed by atoms with Crippen molar-refractivity contribution in [1.82, 2.24) is 19.9 Å². The van der Waals surface area contributed by atoms with Crippen LogP contribution in [0.25, 0.3) is 0 Å². The predicted molar refractivity (Wildman–Crippen MR) is 100 cm³/mol. The molecule has 0 spiro atoms. The van der Waals surface area contributed by atoms with Crippen molar-refractivity contribution < 1.29 is 9.32 Å². The second kappa shape index (κ2) is 9.12. The number of hydrogen-bond acceptors (Lipinski definition) is 6. The largest absolute Gasteiger partial charge is 0.338 e. The van der Waals surface area contributed by atoms with E-state index in [4.69, 9.17) is 16.1 Å². The van der Waals surface area contributed by atoms with E-state index in [1.165, 1.54) is 0 Å². The summed E-state index contributed by atoms with van der Waals surface area (Å²) in [6.45, 7) is 6.50. The van der Waals surface area contributed by atoms with Gasteiger partial charge < -0.3 is 9.84 Å². The number of anilines is 1. The minimum absolute atomic E-state index is 0.0485. The zero-order valence-electron chi connectivity index (χ0n) is 14.9. The lowest BCUT2D eigenvalue weighted by atomic mass is 10.3. The highest BCUT2D eigenvalue weighted by Gasteiger charge is 2.21. The van der Waals surface area contributed by atoms with Gasteiger partial charge in [-0.3, -0.25) is 14.6 Å². The fraction of sp³-hybridized carbons (Fsp3) is 0.500. The van der Waals surface area contributed by atoms with E-state index in [-0.39, 0.29) is 5.91 Å². The van der Waals surface area contributed by atoms with Gasteiger partial charge in [0.15, 0.2) is 5.82 Å². The minimum atomic E-state index is -0.0485. The second-order valence-corrected chi connectivity index (χ2v) is 6.84. The Morgan fingerprint density at radius 2 is 1.96 bits per heavy atom. The Kier molecular flexibility index (Phi) is 6.60. The van der Waals surface area contributed by atoms with E-state index in [9.17, 15) is 4.79 Å². The first-order chi connectivity index (χ1) is 12.6. The van der Waals surface area contributed by atoms with Crippen LogP contribution in [0.3, 0.4) is 0 Å². The highest BCUT2D eigenvalue weighted by atomic mass is 35.5. The number of piperazine rings is 1. The van der Waals surface area contributed by atoms with E-state index in [0.717, 1.165) is 44.8 Å². The molecular formula is C18H24ClN5O2. The maximum absolute atomic E-state index is 12.2. The summed E-state index contributed by atoms with van der Waals surface area (Å²) < 4.78 is 5.30. The van der Waals surface area contributed by atoms with Gasteiger partial charge in [0.2, 0.25) is 11.8 Å². The molecule has 1 aromatic heterocycles. The van der Waals surface area contributed by atoms with Gasteiger partial charge in [0.05, 0.1) is 23.8 Å². The minimum Gasteiger partial charge on any atom is -0.338 e. The van der Waals surface area contributed by atoms with Crippen molar-refractivity contribution in [2.75, 3.05) is 38.0 Å². The lowest BCUT2D eigenvalue weighted by molar-refractivity contribution is -0.117. The molecular weight excluding hydrogens is 354 g/mol. The number of carbonyl (C=O) groups is 1. The molecule has 0 bridgehead atoms. The van der Waals surface area contributed by atoms with Gasteiger partial charge >= 0.3 is 0 Å². The molecule has 0 saturated carbocycles. The van der Waals surface area contributed by atoms with Crippen LogP contribution >= 0.6 is 11.6 Å². The van der Waals surface area contributed by atoms with Crippen molar-refractivity contribution in [1.29, 1.82) is 0 Å². The van der Waals surface area contributed by atoms with E-state index in [1.807, 2.05) is 12.1 Å². The van der Waals surface area contributed by atoms with Crippen LogP contribution in [-0.4, -0.2) is 58.6 Å². The third-order valence-electron chi connectivity index (χ3n) is 4.32. The predicted octanol–water partition coefficient (Wildman–Crippen LogP) is 2.43. The van der Waals surface area contributed by atoms with Crippen LogP contribution in [0.2, 0.25) is 5.02 Å². The smallest absolute Gasteiger partial charge is 0.240 e. The molecule has 26 heavy (non-hydrogen) atoms. The molecule has 1 N–H and O–H groups in total. The molecule has 0 atom stereocenters. The van der Waals surface area contributed by atoms with Crippen LogP contribution in [0.4, 0.5) is 5.69 Å². The van der Waals surface area contributed by atoms with E-state index >= 15 is 0 Å². The molecule has 1 amide bonds. The SMILES string of the molecule is CCCc1noc(CN2CCN(CC(=O)Nc3ccccc3Cl)CC2)n1. The lowest BCUT2D eigenvalue weighted by Crippen LogP contribution is -2.48. The Labute approximate surface area is 158 Å². The summed E-state index contributed by atoms with van der Waals surface area (Å²) in [5.41, 5.74) is 0.650. The highest BCUT2D eigenvalue weighted by molar-refractivity contribution is 6.33. The molecule has 1 aromatic carbocycles. The summed E-state index contributed by atoms with van der Waals surface area (Å²) in [7, 11) is 0. The summed E-state index contributed by atoms with van der Waals surface area (Å²) in [5.74, 6) is 1.39. The number of aromatic nitrogens is 2. The highest BCUT2D eigenvalue weighted by Crippen LogP contribution is 2.20. The molecule has 0 radical (unpaired) electrons. The first kappa shape index (κ1) is 18.8. The van der Waals surface area contributed by atoms with Gasteiger partial charge in [-0.2, -0.15) is 4.98 Å². The molecule has 140 valence electrons. The summed E-state index contributed by atoms with van der Waals surface area (Å²) in [4.78, 5) is 21.0. The molecule has 1 saturated heterocycles. The Morgan fingerprint density at radius 1 is 1.23 bits per heavy atom. The van der Waals surface area contributed by atoms with Gasteiger partial charge in [-0.15, -0.1) is 0 Å². The lowest BCUT2D eigenvalue weighted by Gasteiger charge is -2.33. The van der Waals surface area contributed by atoms with Crippen molar-refractivity contribution in [2.45, 2.75) is 26.3 Å². The standard InChI is InChI=1S/C18H24ClN5O2/c1-2-5-16-21-18(26-22-16)13-24-10-8-23(9-11-24)12-17(25)20-15-7-4-3-6-14(15)19/h3-4,6-7H,2,5,8-13H2,1H3,(H,20,25). The van der Waals surface area contributed by atoms with E-state index in [2.05, 4.69) is 32.2 Å². The normalized spacial score (nSPS) is 15.9. The van der Waals surface area contributed by atoms with Crippen LogP contribution in [0.5, 0.6) is 0 Å². The molecule has 3 rings (SSSR count). The third kappa shape index (κ3) is 5.27. The zero-order chi connectivity index (χ0) is 18.4. The Hall–Kier alpha value is -1.96. The monoisotopic (exact) mass is 377 g/mol. The summed E-state index contributed by atoms with van der Waals surface area (Å²) in [5, 5.41) is 7.40. The maximum atomic E-state index is 12.2. The number of halogens is 1. The number of benzene rings is 1. The fourth-order valence-corrected chi connectivity index (χ4v) is 3.11. The van der Waals surface area contributed by atoms with Crippen LogP contribution in [0, 0.1) is 0 Å². The summed E-state index contributed by atoms with van der Waals surface area (Å²) in [6, 6.07) is 7.25. The molecule has 0 aliphatic carbocycles.